The Morgan fingerprint density at radius 1 is 1.44 bits per heavy atom. The maximum absolute atomic E-state index is 9.51. The van der Waals surface area contributed by atoms with Gasteiger partial charge in [-0.2, -0.15) is 0 Å². The molecule has 0 aromatic carbocycles. The third kappa shape index (κ3) is 1.83. The topological polar surface area (TPSA) is 38.7 Å². The van der Waals surface area contributed by atoms with E-state index in [1.54, 1.807) is 0 Å². The predicted octanol–water partition coefficient (Wildman–Crippen LogP) is 1.00. The summed E-state index contributed by atoms with van der Waals surface area (Å²) < 4.78 is 0. The number of hydrogen-bond acceptors (Lipinski definition) is 3. The molecule has 0 unspecified atom stereocenters. The van der Waals surface area contributed by atoms with Gasteiger partial charge >= 0.3 is 6.47 Å². The van der Waals surface area contributed by atoms with E-state index in [4.69, 9.17) is 0 Å². The zero-order valence-electron chi connectivity index (χ0n) is 5.09. The maximum atomic E-state index is 9.51. The maximum Gasteiger partial charge on any atom is 0.445 e. The van der Waals surface area contributed by atoms with Gasteiger partial charge in [-0.05, 0) is 25.7 Å². The summed E-state index contributed by atoms with van der Waals surface area (Å²) >= 11 is 0. The largest absolute Gasteiger partial charge is 0.445 e. The molecule has 0 heterocycles. The average molecular weight is 126 g/mol. The SMILES string of the molecule is O=[C]ON=C1CCCC1. The van der Waals surface area contributed by atoms with Crippen molar-refractivity contribution in [3.8, 4) is 0 Å². The molecule has 0 N–H and O–H groups in total. The van der Waals surface area contributed by atoms with E-state index in [-0.39, 0.29) is 0 Å². The van der Waals surface area contributed by atoms with Crippen molar-refractivity contribution < 1.29 is 9.63 Å². The van der Waals surface area contributed by atoms with Gasteiger partial charge in [-0.15, -0.1) is 0 Å². The molecular formula is C6H8NO2. The second kappa shape index (κ2) is 3.22. The van der Waals surface area contributed by atoms with Crippen molar-refractivity contribution in [2.24, 2.45) is 5.16 Å². The lowest BCUT2D eigenvalue weighted by molar-refractivity contribution is 0.294. The Bertz CT molecular complexity index is 123. The van der Waals surface area contributed by atoms with Crippen molar-refractivity contribution >= 4 is 12.2 Å². The van der Waals surface area contributed by atoms with E-state index in [2.05, 4.69) is 9.99 Å². The molecule has 0 saturated heterocycles. The van der Waals surface area contributed by atoms with Crippen LogP contribution in [0.4, 0.5) is 0 Å². The summed E-state index contributed by atoms with van der Waals surface area (Å²) in [6, 6.07) is 0. The van der Waals surface area contributed by atoms with Gasteiger partial charge in [0.1, 0.15) is 0 Å². The second-order valence-electron chi connectivity index (χ2n) is 2.04. The van der Waals surface area contributed by atoms with Crippen LogP contribution < -0.4 is 0 Å². The number of rotatable bonds is 2. The lowest BCUT2D eigenvalue weighted by Crippen LogP contribution is -1.89. The van der Waals surface area contributed by atoms with Crippen LogP contribution in [-0.4, -0.2) is 12.2 Å². The van der Waals surface area contributed by atoms with E-state index >= 15 is 0 Å². The van der Waals surface area contributed by atoms with E-state index in [0.29, 0.717) is 0 Å². The Hall–Kier alpha value is -0.860. The van der Waals surface area contributed by atoms with Crippen LogP contribution in [0.2, 0.25) is 0 Å². The van der Waals surface area contributed by atoms with Gasteiger partial charge in [0.2, 0.25) is 0 Å². The molecule has 3 nitrogen and oxygen atoms in total. The molecule has 0 aromatic rings. The summed E-state index contributed by atoms with van der Waals surface area (Å²) in [5, 5.41) is 3.53. The summed E-state index contributed by atoms with van der Waals surface area (Å²) in [5.74, 6) is 0. The smallest absolute Gasteiger partial charge is 0.306 e. The van der Waals surface area contributed by atoms with Gasteiger partial charge < -0.3 is 4.84 Å². The van der Waals surface area contributed by atoms with Crippen molar-refractivity contribution in [2.45, 2.75) is 25.7 Å². The highest BCUT2D eigenvalue weighted by atomic mass is 16.7. The van der Waals surface area contributed by atoms with Gasteiger partial charge in [-0.1, -0.05) is 5.16 Å². The van der Waals surface area contributed by atoms with Crippen LogP contribution in [0.3, 0.4) is 0 Å². The first-order valence-corrected chi connectivity index (χ1v) is 3.02. The Morgan fingerprint density at radius 3 is 2.67 bits per heavy atom. The number of carbonyl (C=O) groups excluding carboxylic acids is 1. The van der Waals surface area contributed by atoms with E-state index < -0.39 is 0 Å². The molecule has 1 aliphatic carbocycles. The fourth-order valence-electron chi connectivity index (χ4n) is 0.958. The molecule has 1 fully saturated rings. The summed E-state index contributed by atoms with van der Waals surface area (Å²) in [5.41, 5.74) is 0.985. The molecule has 1 rings (SSSR count). The standard InChI is InChI=1S/C6H8NO2/c8-5-9-7-6-3-1-2-4-6/h1-4H2. The first kappa shape index (κ1) is 6.26. The summed E-state index contributed by atoms with van der Waals surface area (Å²) in [4.78, 5) is 13.6. The van der Waals surface area contributed by atoms with Crippen LogP contribution >= 0.6 is 0 Å². The molecule has 3 heteroatoms. The lowest BCUT2D eigenvalue weighted by atomic mass is 10.3. The van der Waals surface area contributed by atoms with Crippen molar-refractivity contribution in [1.29, 1.82) is 0 Å². The third-order valence-corrected chi connectivity index (χ3v) is 1.39. The minimum absolute atomic E-state index is 0.974. The summed E-state index contributed by atoms with van der Waals surface area (Å²) in [7, 11) is 0. The fraction of sp³-hybridized carbons (Fsp3) is 0.667. The predicted molar refractivity (Wildman–Crippen MR) is 32.7 cm³/mol. The quantitative estimate of drug-likeness (QED) is 0.409. The zero-order chi connectivity index (χ0) is 6.53. The summed E-state index contributed by atoms with van der Waals surface area (Å²) in [6.45, 7) is 1.26. The Kier molecular flexibility index (Phi) is 2.24. The number of oxime groups is 1. The monoisotopic (exact) mass is 126 g/mol. The minimum Gasteiger partial charge on any atom is -0.306 e. The van der Waals surface area contributed by atoms with E-state index in [0.717, 1.165) is 18.6 Å². The van der Waals surface area contributed by atoms with Gasteiger partial charge in [0.15, 0.2) is 0 Å². The molecule has 0 bridgehead atoms. The van der Waals surface area contributed by atoms with Gasteiger partial charge in [0, 0.05) is 0 Å². The Balaban J connectivity index is 2.30. The average Bonchev–Trinajstić information content (AvgIpc) is 2.34. The highest BCUT2D eigenvalue weighted by Crippen LogP contribution is 2.14. The van der Waals surface area contributed by atoms with Crippen LogP contribution in [0, 0.1) is 0 Å². The molecule has 0 amide bonds. The molecule has 9 heavy (non-hydrogen) atoms. The van der Waals surface area contributed by atoms with Crippen LogP contribution in [0.1, 0.15) is 25.7 Å². The highest BCUT2D eigenvalue weighted by Gasteiger charge is 2.07. The first-order chi connectivity index (χ1) is 4.43. The van der Waals surface area contributed by atoms with Crippen LogP contribution in [0.25, 0.3) is 0 Å². The van der Waals surface area contributed by atoms with Crippen molar-refractivity contribution in [3.05, 3.63) is 0 Å². The third-order valence-electron chi connectivity index (χ3n) is 1.39. The fourth-order valence-corrected chi connectivity index (χ4v) is 0.958. The van der Waals surface area contributed by atoms with Gasteiger partial charge in [0.25, 0.3) is 0 Å². The molecule has 0 spiro atoms. The van der Waals surface area contributed by atoms with E-state index in [1.807, 2.05) is 0 Å². The molecule has 49 valence electrons. The number of hydrogen-bond donors (Lipinski definition) is 0. The minimum atomic E-state index is 0.974. The lowest BCUT2D eigenvalue weighted by Gasteiger charge is -1.87. The second-order valence-corrected chi connectivity index (χ2v) is 2.04. The molecule has 1 saturated carbocycles. The van der Waals surface area contributed by atoms with Crippen LogP contribution in [-0.2, 0) is 9.63 Å². The highest BCUT2D eigenvalue weighted by molar-refractivity contribution is 5.85. The Labute approximate surface area is 53.7 Å². The van der Waals surface area contributed by atoms with Crippen LogP contribution in [0.15, 0.2) is 5.16 Å². The molecule has 1 radical (unpaired) electrons. The molecular weight excluding hydrogens is 118 g/mol. The van der Waals surface area contributed by atoms with Crippen molar-refractivity contribution in [2.75, 3.05) is 0 Å². The molecule has 0 aromatic heterocycles. The molecule has 0 atom stereocenters. The Morgan fingerprint density at radius 2 is 2.11 bits per heavy atom. The van der Waals surface area contributed by atoms with Crippen molar-refractivity contribution in [3.63, 3.8) is 0 Å². The van der Waals surface area contributed by atoms with E-state index in [1.165, 1.54) is 19.3 Å². The summed E-state index contributed by atoms with van der Waals surface area (Å²) in [6.07, 6.45) is 4.28. The molecule has 0 aliphatic heterocycles. The zero-order valence-corrected chi connectivity index (χ0v) is 5.09. The molecule has 1 aliphatic rings. The number of nitrogens with zero attached hydrogens (tertiary/aromatic N) is 1. The first-order valence-electron chi connectivity index (χ1n) is 3.02. The van der Waals surface area contributed by atoms with E-state index in [9.17, 15) is 4.79 Å². The normalized spacial score (nSPS) is 17.6. The van der Waals surface area contributed by atoms with Gasteiger partial charge in [-0.25, -0.2) is 4.79 Å². The van der Waals surface area contributed by atoms with Crippen LogP contribution in [0.5, 0.6) is 0 Å². The van der Waals surface area contributed by atoms with Gasteiger partial charge in [0.05, 0.1) is 5.71 Å². The van der Waals surface area contributed by atoms with Gasteiger partial charge in [-0.3, -0.25) is 0 Å². The van der Waals surface area contributed by atoms with Crippen molar-refractivity contribution in [1.82, 2.24) is 0 Å².